The molecule has 5 atom stereocenters. The molecule has 3 heterocycles. The summed E-state index contributed by atoms with van der Waals surface area (Å²) < 4.78 is 0. The van der Waals surface area contributed by atoms with Gasteiger partial charge in [-0.3, -0.25) is 5.43 Å². The molecule has 1 aromatic heterocycles. The van der Waals surface area contributed by atoms with Crippen LogP contribution in [0.2, 0.25) is 0 Å². The molecule has 8 heteroatoms. The van der Waals surface area contributed by atoms with Gasteiger partial charge in [-0.05, 0) is 54.0 Å². The van der Waals surface area contributed by atoms with Crippen molar-refractivity contribution in [1.29, 1.82) is 5.26 Å². The predicted octanol–water partition coefficient (Wildman–Crippen LogP) is 1.49. The number of nitriles is 1. The van der Waals surface area contributed by atoms with Crippen LogP contribution in [-0.2, 0) is 6.54 Å². The number of hydrazine groups is 1. The van der Waals surface area contributed by atoms with Crippen LogP contribution in [0.3, 0.4) is 0 Å². The van der Waals surface area contributed by atoms with E-state index in [-0.39, 0.29) is 18.1 Å². The van der Waals surface area contributed by atoms with E-state index in [4.69, 9.17) is 5.26 Å². The van der Waals surface area contributed by atoms with Crippen LogP contribution in [0.25, 0.3) is 0 Å². The summed E-state index contributed by atoms with van der Waals surface area (Å²) in [6.07, 6.45) is 5.50. The summed E-state index contributed by atoms with van der Waals surface area (Å²) in [4.78, 5) is 14.6. The van der Waals surface area contributed by atoms with Crippen molar-refractivity contribution in [1.82, 2.24) is 31.3 Å². The number of benzene rings is 1. The highest BCUT2D eigenvalue weighted by molar-refractivity contribution is 5.75. The van der Waals surface area contributed by atoms with Crippen molar-refractivity contribution in [3.05, 3.63) is 59.4 Å². The van der Waals surface area contributed by atoms with Crippen molar-refractivity contribution in [3.8, 4) is 6.07 Å². The zero-order valence-corrected chi connectivity index (χ0v) is 16.0. The monoisotopic (exact) mass is 389 g/mol. The quantitative estimate of drug-likeness (QED) is 0.734. The highest BCUT2D eigenvalue weighted by Crippen LogP contribution is 2.41. The molecule has 0 bridgehead atoms. The maximum absolute atomic E-state index is 12.7. The van der Waals surface area contributed by atoms with Crippen LogP contribution >= 0.6 is 0 Å². The lowest BCUT2D eigenvalue weighted by Crippen LogP contribution is -2.60. The lowest BCUT2D eigenvalue weighted by Gasteiger charge is -2.45. The molecular formula is C21H23N7O. The van der Waals surface area contributed by atoms with Gasteiger partial charge in [0.2, 0.25) is 0 Å². The second kappa shape index (κ2) is 7.43. The number of hydrogen-bond donors (Lipinski definition) is 3. The SMILES string of the molecule is N#Cc1cccc(CN2CC3CC4C(CC3NC2=O)NNC4c2ccnnc2)c1. The molecule has 0 radical (unpaired) electrons. The maximum atomic E-state index is 12.7. The van der Waals surface area contributed by atoms with Gasteiger partial charge >= 0.3 is 6.03 Å². The molecule has 2 saturated heterocycles. The Hall–Kier alpha value is -3.02. The molecular weight excluding hydrogens is 366 g/mol. The normalized spacial score (nSPS) is 30.8. The van der Waals surface area contributed by atoms with E-state index in [0.717, 1.165) is 30.5 Å². The van der Waals surface area contributed by atoms with E-state index in [1.807, 2.05) is 35.4 Å². The lowest BCUT2D eigenvalue weighted by molar-refractivity contribution is 0.0961. The Morgan fingerprint density at radius 3 is 2.93 bits per heavy atom. The van der Waals surface area contributed by atoms with Gasteiger partial charge in [0.05, 0.1) is 23.9 Å². The number of nitrogens with zero attached hydrogens (tertiary/aromatic N) is 4. The molecule has 1 aromatic carbocycles. The molecule has 2 aliphatic heterocycles. The summed E-state index contributed by atoms with van der Waals surface area (Å²) in [5, 5.41) is 20.2. The maximum Gasteiger partial charge on any atom is 0.317 e. The Kier molecular flexibility index (Phi) is 4.62. The fraction of sp³-hybridized carbons (Fsp3) is 0.429. The van der Waals surface area contributed by atoms with Gasteiger partial charge in [0, 0.05) is 31.4 Å². The number of rotatable bonds is 3. The van der Waals surface area contributed by atoms with Crippen LogP contribution in [0, 0.1) is 23.2 Å². The molecule has 29 heavy (non-hydrogen) atoms. The Morgan fingerprint density at radius 1 is 1.17 bits per heavy atom. The third-order valence-corrected chi connectivity index (χ3v) is 6.47. The van der Waals surface area contributed by atoms with Crippen molar-refractivity contribution in [3.63, 3.8) is 0 Å². The van der Waals surface area contributed by atoms with E-state index >= 15 is 0 Å². The minimum atomic E-state index is -0.0205. The average molecular weight is 389 g/mol. The van der Waals surface area contributed by atoms with Gasteiger partial charge in [0.25, 0.3) is 0 Å². The average Bonchev–Trinajstić information content (AvgIpc) is 3.16. The highest BCUT2D eigenvalue weighted by atomic mass is 16.2. The Bertz CT molecular complexity index is 944. The number of amides is 2. The third kappa shape index (κ3) is 3.43. The lowest BCUT2D eigenvalue weighted by atomic mass is 9.71. The number of aromatic nitrogens is 2. The number of fused-ring (bicyclic) bond motifs is 2. The smallest absolute Gasteiger partial charge is 0.317 e. The second-order valence-corrected chi connectivity index (χ2v) is 8.19. The van der Waals surface area contributed by atoms with Gasteiger partial charge in [-0.15, -0.1) is 0 Å². The standard InChI is InChI=1S/C21H23N7O/c22-9-13-2-1-3-14(6-13)11-28-12-16-7-17-19(8-18(16)25-21(28)29)26-27-20(17)15-4-5-23-24-10-15/h1-6,10,16-20,26-27H,7-8,11-12H2,(H,25,29). The van der Waals surface area contributed by atoms with E-state index in [1.54, 1.807) is 12.3 Å². The van der Waals surface area contributed by atoms with Gasteiger partial charge in [0.15, 0.2) is 0 Å². The molecule has 1 saturated carbocycles. The van der Waals surface area contributed by atoms with E-state index in [9.17, 15) is 4.79 Å². The molecule has 2 aromatic rings. The molecule has 0 spiro atoms. The van der Waals surface area contributed by atoms with E-state index in [2.05, 4.69) is 32.4 Å². The van der Waals surface area contributed by atoms with Gasteiger partial charge < -0.3 is 10.2 Å². The number of urea groups is 1. The topological polar surface area (TPSA) is 106 Å². The Balaban J connectivity index is 1.31. The molecule has 3 fully saturated rings. The minimum absolute atomic E-state index is 0.0205. The Labute approximate surface area is 169 Å². The molecule has 5 rings (SSSR count). The molecule has 8 nitrogen and oxygen atoms in total. The first kappa shape index (κ1) is 18.0. The number of nitrogens with one attached hydrogen (secondary N) is 3. The van der Waals surface area contributed by atoms with Crippen molar-refractivity contribution in [2.45, 2.75) is 37.5 Å². The summed E-state index contributed by atoms with van der Waals surface area (Å²) in [5.41, 5.74) is 9.60. The molecule has 1 aliphatic carbocycles. The molecule has 2 amide bonds. The van der Waals surface area contributed by atoms with Crippen LogP contribution in [-0.4, -0.2) is 39.8 Å². The van der Waals surface area contributed by atoms with E-state index in [1.165, 1.54) is 0 Å². The largest absolute Gasteiger partial charge is 0.335 e. The van der Waals surface area contributed by atoms with Gasteiger partial charge in [-0.1, -0.05) is 12.1 Å². The second-order valence-electron chi connectivity index (χ2n) is 8.19. The number of carbonyl (C=O) groups is 1. The van der Waals surface area contributed by atoms with E-state index < -0.39 is 0 Å². The van der Waals surface area contributed by atoms with Crippen LogP contribution < -0.4 is 16.2 Å². The summed E-state index contributed by atoms with van der Waals surface area (Å²) >= 11 is 0. The summed E-state index contributed by atoms with van der Waals surface area (Å²) in [7, 11) is 0. The molecule has 3 aliphatic rings. The zero-order chi connectivity index (χ0) is 19.8. The molecule has 3 N–H and O–H groups in total. The van der Waals surface area contributed by atoms with Crippen LogP contribution in [0.15, 0.2) is 42.7 Å². The van der Waals surface area contributed by atoms with Gasteiger partial charge in [-0.25, -0.2) is 10.2 Å². The van der Waals surface area contributed by atoms with Crippen LogP contribution in [0.5, 0.6) is 0 Å². The van der Waals surface area contributed by atoms with Crippen molar-refractivity contribution >= 4 is 6.03 Å². The third-order valence-electron chi connectivity index (χ3n) is 6.47. The predicted molar refractivity (Wildman–Crippen MR) is 105 cm³/mol. The number of hydrogen-bond acceptors (Lipinski definition) is 6. The van der Waals surface area contributed by atoms with Gasteiger partial charge in [-0.2, -0.15) is 15.5 Å². The van der Waals surface area contributed by atoms with Crippen molar-refractivity contribution in [2.75, 3.05) is 6.54 Å². The molecule has 5 unspecified atom stereocenters. The fourth-order valence-corrected chi connectivity index (χ4v) is 5.06. The first-order valence-corrected chi connectivity index (χ1v) is 10.0. The van der Waals surface area contributed by atoms with Gasteiger partial charge in [0.1, 0.15) is 0 Å². The fourth-order valence-electron chi connectivity index (χ4n) is 5.06. The van der Waals surface area contributed by atoms with Crippen LogP contribution in [0.4, 0.5) is 4.79 Å². The highest BCUT2D eigenvalue weighted by Gasteiger charge is 2.47. The first-order chi connectivity index (χ1) is 14.2. The van der Waals surface area contributed by atoms with Crippen LogP contribution in [0.1, 0.15) is 35.6 Å². The van der Waals surface area contributed by atoms with Crippen molar-refractivity contribution < 1.29 is 4.79 Å². The number of carbonyl (C=O) groups excluding carboxylic acids is 1. The zero-order valence-electron chi connectivity index (χ0n) is 16.0. The van der Waals surface area contributed by atoms with Crippen molar-refractivity contribution in [2.24, 2.45) is 11.8 Å². The minimum Gasteiger partial charge on any atom is -0.335 e. The summed E-state index contributed by atoms with van der Waals surface area (Å²) in [6, 6.07) is 12.3. The molecule has 148 valence electrons. The first-order valence-electron chi connectivity index (χ1n) is 10.0. The summed E-state index contributed by atoms with van der Waals surface area (Å²) in [6.45, 7) is 1.25. The Morgan fingerprint density at radius 2 is 2.10 bits per heavy atom. The van der Waals surface area contributed by atoms with E-state index in [0.29, 0.717) is 30.0 Å². The summed E-state index contributed by atoms with van der Waals surface area (Å²) in [5.74, 6) is 0.839.